The molecule has 130 valence electrons. The summed E-state index contributed by atoms with van der Waals surface area (Å²) in [6.07, 6.45) is 1.69. The zero-order valence-corrected chi connectivity index (χ0v) is 14.7. The van der Waals surface area contributed by atoms with Crippen LogP contribution in [0.2, 0.25) is 0 Å². The Balaban J connectivity index is 2.30. The number of ether oxygens (including phenoxy) is 1. The van der Waals surface area contributed by atoms with Crippen molar-refractivity contribution in [2.24, 2.45) is 7.05 Å². The molecule has 0 spiro atoms. The lowest BCUT2D eigenvalue weighted by Crippen LogP contribution is -2.42. The van der Waals surface area contributed by atoms with E-state index in [1.165, 1.54) is 0 Å². The lowest BCUT2D eigenvalue weighted by atomic mass is 10.1. The smallest absolute Gasteiger partial charge is 0.257 e. The Morgan fingerprint density at radius 2 is 2.00 bits per heavy atom. The number of aliphatic hydroxyl groups is 1. The first-order valence-electron chi connectivity index (χ1n) is 7.87. The van der Waals surface area contributed by atoms with Gasteiger partial charge in [-0.3, -0.25) is 9.48 Å². The van der Waals surface area contributed by atoms with Crippen molar-refractivity contribution < 1.29 is 14.6 Å². The van der Waals surface area contributed by atoms with E-state index in [-0.39, 0.29) is 19.1 Å². The number of carbonyl (C=O) groups excluding carboxylic acids is 1. The number of hydrogen-bond donors (Lipinski definition) is 1. The summed E-state index contributed by atoms with van der Waals surface area (Å²) in [6, 6.07) is 9.72. The summed E-state index contributed by atoms with van der Waals surface area (Å²) in [4.78, 5) is 14.7. The quantitative estimate of drug-likeness (QED) is 0.842. The van der Waals surface area contributed by atoms with Crippen molar-refractivity contribution in [1.29, 1.82) is 0 Å². The minimum atomic E-state index is -0.992. The first kappa shape index (κ1) is 18.2. The molecule has 1 N–H and O–H groups in total. The molecule has 0 aliphatic heterocycles. The van der Waals surface area contributed by atoms with E-state index in [9.17, 15) is 9.90 Å². The molecule has 1 heterocycles. The first-order chi connectivity index (χ1) is 11.3. The number of nitrogens with zero attached hydrogens (tertiary/aromatic N) is 3. The molecule has 0 aliphatic carbocycles. The molecular weight excluding hydrogens is 306 g/mol. The summed E-state index contributed by atoms with van der Waals surface area (Å²) in [5, 5.41) is 14.5. The second-order valence-electron chi connectivity index (χ2n) is 6.56. The Hall–Kier alpha value is -2.18. The molecule has 0 saturated carbocycles. The molecule has 0 atom stereocenters. The lowest BCUT2D eigenvalue weighted by Gasteiger charge is -2.29. The maximum Gasteiger partial charge on any atom is 0.257 e. The van der Waals surface area contributed by atoms with Gasteiger partial charge in [0.1, 0.15) is 5.69 Å². The molecule has 0 fully saturated rings. The predicted molar refractivity (Wildman–Crippen MR) is 91.4 cm³/mol. The summed E-state index contributed by atoms with van der Waals surface area (Å²) < 4.78 is 6.74. The van der Waals surface area contributed by atoms with E-state index in [4.69, 9.17) is 4.74 Å². The highest BCUT2D eigenvalue weighted by atomic mass is 16.5. The molecule has 2 rings (SSSR count). The molecule has 1 aromatic carbocycles. The molecule has 0 aliphatic rings. The number of rotatable bonds is 7. The molecule has 24 heavy (non-hydrogen) atoms. The zero-order chi connectivity index (χ0) is 17.7. The van der Waals surface area contributed by atoms with Gasteiger partial charge in [-0.25, -0.2) is 0 Å². The van der Waals surface area contributed by atoms with Gasteiger partial charge in [-0.05, 0) is 19.4 Å². The highest BCUT2D eigenvalue weighted by Crippen LogP contribution is 2.17. The number of aromatic nitrogens is 2. The van der Waals surface area contributed by atoms with Crippen LogP contribution < -0.4 is 0 Å². The molecular formula is C18H25N3O3. The fourth-order valence-corrected chi connectivity index (χ4v) is 2.60. The average Bonchev–Trinajstić information content (AvgIpc) is 2.87. The van der Waals surface area contributed by atoms with Gasteiger partial charge in [0.05, 0.1) is 17.8 Å². The Morgan fingerprint density at radius 3 is 2.58 bits per heavy atom. The van der Waals surface area contributed by atoms with Gasteiger partial charge in [-0.1, -0.05) is 30.3 Å². The highest BCUT2D eigenvalue weighted by Gasteiger charge is 2.26. The second-order valence-corrected chi connectivity index (χ2v) is 6.56. The van der Waals surface area contributed by atoms with Gasteiger partial charge in [0.15, 0.2) is 0 Å². The van der Waals surface area contributed by atoms with E-state index in [1.807, 2.05) is 30.3 Å². The second kappa shape index (κ2) is 7.59. The SMILES string of the molecule is COCc1nn(C)cc1C(=O)N(Cc1ccccc1)CC(C)(C)O. The van der Waals surface area contributed by atoms with Crippen LogP contribution in [0.1, 0.15) is 35.5 Å². The van der Waals surface area contributed by atoms with Crippen LogP contribution in [0, 0.1) is 0 Å². The van der Waals surface area contributed by atoms with E-state index in [0.29, 0.717) is 17.8 Å². The molecule has 2 aromatic rings. The van der Waals surface area contributed by atoms with Gasteiger partial charge in [0.2, 0.25) is 0 Å². The Labute approximate surface area is 142 Å². The van der Waals surface area contributed by atoms with Crippen molar-refractivity contribution in [3.8, 4) is 0 Å². The van der Waals surface area contributed by atoms with Crippen molar-refractivity contribution >= 4 is 5.91 Å². The van der Waals surface area contributed by atoms with Crippen LogP contribution in [0.4, 0.5) is 0 Å². The Kier molecular flexibility index (Phi) is 5.75. The van der Waals surface area contributed by atoms with Crippen molar-refractivity contribution in [2.75, 3.05) is 13.7 Å². The van der Waals surface area contributed by atoms with Crippen molar-refractivity contribution in [3.63, 3.8) is 0 Å². The standard InChI is InChI=1S/C18H25N3O3/c1-18(2,23)13-21(10-14-8-6-5-7-9-14)17(22)15-11-20(3)19-16(15)12-24-4/h5-9,11,23H,10,12-13H2,1-4H3. The van der Waals surface area contributed by atoms with Crippen molar-refractivity contribution in [2.45, 2.75) is 32.6 Å². The predicted octanol–water partition coefficient (Wildman–Crippen LogP) is 1.98. The van der Waals surface area contributed by atoms with Crippen LogP contribution in [-0.4, -0.2) is 44.9 Å². The van der Waals surface area contributed by atoms with Crippen molar-refractivity contribution in [3.05, 3.63) is 53.3 Å². The number of benzene rings is 1. The lowest BCUT2D eigenvalue weighted by molar-refractivity contribution is 0.0278. The van der Waals surface area contributed by atoms with E-state index in [1.54, 1.807) is 43.8 Å². The minimum absolute atomic E-state index is 0.166. The Morgan fingerprint density at radius 1 is 1.33 bits per heavy atom. The van der Waals surface area contributed by atoms with Gasteiger partial charge < -0.3 is 14.7 Å². The molecule has 6 nitrogen and oxygen atoms in total. The van der Waals surface area contributed by atoms with Crippen molar-refractivity contribution in [1.82, 2.24) is 14.7 Å². The number of hydrogen-bond acceptors (Lipinski definition) is 4. The zero-order valence-electron chi connectivity index (χ0n) is 14.7. The van der Waals surface area contributed by atoms with Crippen LogP contribution in [0.15, 0.2) is 36.5 Å². The molecule has 0 radical (unpaired) electrons. The third-order valence-corrected chi connectivity index (χ3v) is 3.50. The molecule has 0 saturated heterocycles. The fourth-order valence-electron chi connectivity index (χ4n) is 2.60. The number of methoxy groups -OCH3 is 1. The molecule has 1 aromatic heterocycles. The van der Waals surface area contributed by atoms with E-state index >= 15 is 0 Å². The molecule has 0 unspecified atom stereocenters. The summed E-state index contributed by atoms with van der Waals surface area (Å²) in [5.74, 6) is -0.166. The van der Waals surface area contributed by atoms with Gasteiger partial charge in [0, 0.05) is 33.4 Å². The van der Waals surface area contributed by atoms with E-state index < -0.39 is 5.60 Å². The summed E-state index contributed by atoms with van der Waals surface area (Å²) >= 11 is 0. The number of amides is 1. The maximum atomic E-state index is 13.0. The first-order valence-corrected chi connectivity index (χ1v) is 7.87. The van der Waals surface area contributed by atoms with Gasteiger partial charge in [-0.2, -0.15) is 5.10 Å². The largest absolute Gasteiger partial charge is 0.389 e. The Bertz CT molecular complexity index is 675. The monoisotopic (exact) mass is 331 g/mol. The van der Waals surface area contributed by atoms with Crippen LogP contribution in [0.3, 0.4) is 0 Å². The third kappa shape index (κ3) is 4.91. The summed E-state index contributed by atoms with van der Waals surface area (Å²) in [5.41, 5.74) is 1.11. The van der Waals surface area contributed by atoms with Crippen LogP contribution in [0.25, 0.3) is 0 Å². The highest BCUT2D eigenvalue weighted by molar-refractivity contribution is 5.95. The number of carbonyl (C=O) groups is 1. The van der Waals surface area contributed by atoms with Gasteiger partial charge in [0.25, 0.3) is 5.91 Å². The summed E-state index contributed by atoms with van der Waals surface area (Å²) in [7, 11) is 3.34. The molecule has 6 heteroatoms. The molecule has 0 bridgehead atoms. The minimum Gasteiger partial charge on any atom is -0.389 e. The third-order valence-electron chi connectivity index (χ3n) is 3.50. The molecule has 1 amide bonds. The maximum absolute atomic E-state index is 13.0. The van der Waals surface area contributed by atoms with Gasteiger partial charge in [-0.15, -0.1) is 0 Å². The normalized spacial score (nSPS) is 11.5. The topological polar surface area (TPSA) is 67.6 Å². The van der Waals surface area contributed by atoms with E-state index in [2.05, 4.69) is 5.10 Å². The van der Waals surface area contributed by atoms with Crippen LogP contribution in [0.5, 0.6) is 0 Å². The van der Waals surface area contributed by atoms with Crippen LogP contribution >= 0.6 is 0 Å². The fraction of sp³-hybridized carbons (Fsp3) is 0.444. The van der Waals surface area contributed by atoms with Crippen LogP contribution in [-0.2, 0) is 24.9 Å². The van der Waals surface area contributed by atoms with E-state index in [0.717, 1.165) is 5.56 Å². The van der Waals surface area contributed by atoms with Gasteiger partial charge >= 0.3 is 0 Å². The summed E-state index contributed by atoms with van der Waals surface area (Å²) in [6.45, 7) is 4.30. The average molecular weight is 331 g/mol. The number of aryl methyl sites for hydroxylation is 1.